The molecule has 0 saturated heterocycles. The van der Waals surface area contributed by atoms with Crippen molar-refractivity contribution in [3.05, 3.63) is 89.4 Å². The zero-order valence-corrected chi connectivity index (χ0v) is 17.6. The number of amides is 2. The average Bonchev–Trinajstić information content (AvgIpc) is 3.47. The number of carbonyl (C=O) groups excluding carboxylic acids is 2. The molecule has 8 heteroatoms. The molecule has 2 aromatic heterocycles. The maximum Gasteiger partial charge on any atom is 0.273 e. The Labute approximate surface area is 183 Å². The first-order valence-electron chi connectivity index (χ1n) is 9.69. The number of anilines is 1. The molecule has 4 rings (SSSR count). The summed E-state index contributed by atoms with van der Waals surface area (Å²) in [7, 11) is 0. The van der Waals surface area contributed by atoms with Gasteiger partial charge in [-0.2, -0.15) is 5.10 Å². The van der Waals surface area contributed by atoms with E-state index in [1.165, 1.54) is 11.3 Å². The molecule has 0 aliphatic rings. The van der Waals surface area contributed by atoms with Gasteiger partial charge in [0.2, 0.25) is 0 Å². The van der Waals surface area contributed by atoms with Gasteiger partial charge in [-0.05, 0) is 42.6 Å². The third-order valence-corrected chi connectivity index (χ3v) is 5.43. The monoisotopic (exact) mass is 431 g/mol. The van der Waals surface area contributed by atoms with Crippen LogP contribution in [0.2, 0.25) is 0 Å². The van der Waals surface area contributed by atoms with Gasteiger partial charge in [-0.15, -0.1) is 11.3 Å². The van der Waals surface area contributed by atoms with Gasteiger partial charge in [0.25, 0.3) is 11.8 Å². The molecule has 0 spiro atoms. The number of thiophene rings is 1. The summed E-state index contributed by atoms with van der Waals surface area (Å²) in [5.41, 5.74) is 8.67. The first kappa shape index (κ1) is 20.4. The van der Waals surface area contributed by atoms with Gasteiger partial charge in [-0.1, -0.05) is 42.0 Å². The van der Waals surface area contributed by atoms with Gasteiger partial charge in [0.15, 0.2) is 0 Å². The number of carbonyl (C=O) groups is 2. The number of benzene rings is 2. The number of rotatable bonds is 6. The molecule has 0 atom stereocenters. The molecule has 4 aromatic rings. The van der Waals surface area contributed by atoms with Crippen LogP contribution in [-0.2, 0) is 4.79 Å². The van der Waals surface area contributed by atoms with Crippen molar-refractivity contribution in [1.82, 2.24) is 20.6 Å². The van der Waals surface area contributed by atoms with Crippen molar-refractivity contribution >= 4 is 28.8 Å². The quantitative estimate of drug-likeness (QED) is 0.406. The molecule has 7 nitrogen and oxygen atoms in total. The number of nitrogens with one attached hydrogen (secondary N) is 3. The summed E-state index contributed by atoms with van der Waals surface area (Å²) in [5, 5.41) is 9.54. The zero-order valence-electron chi connectivity index (χ0n) is 16.8. The topological polar surface area (TPSA) is 88.0 Å². The van der Waals surface area contributed by atoms with Gasteiger partial charge in [0.05, 0.1) is 22.7 Å². The summed E-state index contributed by atoms with van der Waals surface area (Å²) in [4.78, 5) is 25.8. The Hall–Kier alpha value is -3.91. The van der Waals surface area contributed by atoms with E-state index >= 15 is 0 Å². The summed E-state index contributed by atoms with van der Waals surface area (Å²) in [6.45, 7) is 2.03. The van der Waals surface area contributed by atoms with Crippen molar-refractivity contribution in [2.75, 3.05) is 11.9 Å². The van der Waals surface area contributed by atoms with E-state index in [1.807, 2.05) is 79.0 Å². The van der Waals surface area contributed by atoms with Crippen molar-refractivity contribution in [2.45, 2.75) is 6.92 Å². The van der Waals surface area contributed by atoms with Gasteiger partial charge < -0.3 is 5.32 Å². The summed E-state index contributed by atoms with van der Waals surface area (Å²) in [6.07, 6.45) is 1.66. The number of para-hydroxylation sites is 1. The minimum absolute atomic E-state index is 0.0321. The first-order valence-corrected chi connectivity index (χ1v) is 10.6. The highest BCUT2D eigenvalue weighted by Crippen LogP contribution is 2.27. The Bertz CT molecular complexity index is 1170. The zero-order chi connectivity index (χ0) is 21.6. The van der Waals surface area contributed by atoms with E-state index in [2.05, 4.69) is 21.3 Å². The number of hydrogen-bond acceptors (Lipinski definition) is 5. The fourth-order valence-corrected chi connectivity index (χ4v) is 3.66. The van der Waals surface area contributed by atoms with Crippen molar-refractivity contribution in [3.63, 3.8) is 0 Å². The Kier molecular flexibility index (Phi) is 6.09. The molecule has 2 aromatic carbocycles. The predicted molar refractivity (Wildman–Crippen MR) is 122 cm³/mol. The molecular formula is C23H21N5O2S. The molecule has 0 radical (unpaired) electrons. The van der Waals surface area contributed by atoms with Crippen LogP contribution >= 0.6 is 11.3 Å². The number of aryl methyl sites for hydroxylation is 1. The van der Waals surface area contributed by atoms with Crippen LogP contribution in [0, 0.1) is 6.92 Å². The number of hydrogen-bond donors (Lipinski definition) is 3. The van der Waals surface area contributed by atoms with Crippen LogP contribution in [0.25, 0.3) is 16.3 Å². The summed E-state index contributed by atoms with van der Waals surface area (Å²) >= 11 is 1.49. The van der Waals surface area contributed by atoms with Gasteiger partial charge in [-0.25, -0.2) is 4.68 Å². The van der Waals surface area contributed by atoms with E-state index in [-0.39, 0.29) is 12.5 Å². The Morgan fingerprint density at radius 3 is 2.45 bits per heavy atom. The minimum Gasteiger partial charge on any atom is -0.376 e. The highest BCUT2D eigenvalue weighted by molar-refractivity contribution is 7.13. The highest BCUT2D eigenvalue weighted by atomic mass is 32.1. The van der Waals surface area contributed by atoms with Gasteiger partial charge in [0, 0.05) is 11.9 Å². The van der Waals surface area contributed by atoms with E-state index in [1.54, 1.807) is 10.9 Å². The van der Waals surface area contributed by atoms with E-state index in [9.17, 15) is 9.59 Å². The molecular weight excluding hydrogens is 410 g/mol. The number of aromatic nitrogens is 2. The maximum absolute atomic E-state index is 12.8. The lowest BCUT2D eigenvalue weighted by molar-refractivity contribution is -0.120. The van der Waals surface area contributed by atoms with E-state index in [0.29, 0.717) is 11.3 Å². The molecule has 0 saturated carbocycles. The van der Waals surface area contributed by atoms with Crippen LogP contribution in [0.4, 0.5) is 5.69 Å². The molecule has 2 amide bonds. The number of nitrogens with zero attached hydrogens (tertiary/aromatic N) is 2. The summed E-state index contributed by atoms with van der Waals surface area (Å²) in [5.74, 6) is -0.795. The second-order valence-corrected chi connectivity index (χ2v) is 7.82. The fourth-order valence-electron chi connectivity index (χ4n) is 2.94. The van der Waals surface area contributed by atoms with Crippen LogP contribution < -0.4 is 16.2 Å². The van der Waals surface area contributed by atoms with E-state index in [4.69, 9.17) is 0 Å². The standard InChI is InChI=1S/C23H21N5O2S/c1-16-9-11-17(12-10-16)24-14-21(29)25-26-23(30)19-15-28(18-6-3-2-4-7-18)27-22(19)20-8-5-13-31-20/h2-13,15,24H,14H2,1H3,(H,25,29)(H,26,30). The Morgan fingerprint density at radius 2 is 1.74 bits per heavy atom. The lowest BCUT2D eigenvalue weighted by Gasteiger charge is -2.09. The second kappa shape index (κ2) is 9.27. The largest absolute Gasteiger partial charge is 0.376 e. The van der Waals surface area contributed by atoms with Crippen molar-refractivity contribution in [2.24, 2.45) is 0 Å². The lowest BCUT2D eigenvalue weighted by atomic mass is 10.2. The molecule has 0 aliphatic carbocycles. The Balaban J connectivity index is 1.44. The van der Waals surface area contributed by atoms with Crippen LogP contribution in [-0.4, -0.2) is 28.1 Å². The first-order chi connectivity index (χ1) is 15.1. The lowest BCUT2D eigenvalue weighted by Crippen LogP contribution is -2.44. The predicted octanol–water partition coefficient (Wildman–Crippen LogP) is 3.78. The average molecular weight is 432 g/mol. The van der Waals surface area contributed by atoms with Crippen LogP contribution in [0.3, 0.4) is 0 Å². The molecule has 0 aliphatic heterocycles. The molecule has 2 heterocycles. The molecule has 0 bridgehead atoms. The molecule has 31 heavy (non-hydrogen) atoms. The normalized spacial score (nSPS) is 10.5. The maximum atomic E-state index is 12.8. The minimum atomic E-state index is -0.436. The molecule has 3 N–H and O–H groups in total. The molecule has 156 valence electrons. The molecule has 0 unspecified atom stereocenters. The van der Waals surface area contributed by atoms with E-state index < -0.39 is 5.91 Å². The molecule has 0 fully saturated rings. The number of hydrazine groups is 1. The van der Waals surface area contributed by atoms with Crippen molar-refractivity contribution < 1.29 is 9.59 Å². The van der Waals surface area contributed by atoms with Gasteiger partial charge in [-0.3, -0.25) is 20.4 Å². The smallest absolute Gasteiger partial charge is 0.273 e. The third kappa shape index (κ3) is 4.99. The Morgan fingerprint density at radius 1 is 0.968 bits per heavy atom. The van der Waals surface area contributed by atoms with Crippen LogP contribution in [0.5, 0.6) is 0 Å². The van der Waals surface area contributed by atoms with Crippen LogP contribution in [0.15, 0.2) is 78.3 Å². The van der Waals surface area contributed by atoms with Crippen LogP contribution in [0.1, 0.15) is 15.9 Å². The summed E-state index contributed by atoms with van der Waals surface area (Å²) in [6, 6.07) is 21.1. The summed E-state index contributed by atoms with van der Waals surface area (Å²) < 4.78 is 1.66. The second-order valence-electron chi connectivity index (χ2n) is 6.87. The van der Waals surface area contributed by atoms with E-state index in [0.717, 1.165) is 21.8 Å². The SMILES string of the molecule is Cc1ccc(NCC(=O)NNC(=O)c2cn(-c3ccccc3)nc2-c2cccs2)cc1. The van der Waals surface area contributed by atoms with Gasteiger partial charge >= 0.3 is 0 Å². The highest BCUT2D eigenvalue weighted by Gasteiger charge is 2.19. The van der Waals surface area contributed by atoms with Crippen molar-refractivity contribution in [1.29, 1.82) is 0 Å². The van der Waals surface area contributed by atoms with Crippen molar-refractivity contribution in [3.8, 4) is 16.3 Å². The fraction of sp³-hybridized carbons (Fsp3) is 0.0870. The third-order valence-electron chi connectivity index (χ3n) is 4.55. The van der Waals surface area contributed by atoms with Gasteiger partial charge in [0.1, 0.15) is 5.69 Å².